The van der Waals surface area contributed by atoms with Gasteiger partial charge in [-0.3, -0.25) is 9.69 Å². The molecule has 0 unspecified atom stereocenters. The van der Waals surface area contributed by atoms with E-state index in [0.29, 0.717) is 11.8 Å². The lowest BCUT2D eigenvalue weighted by Gasteiger charge is -2.41. The van der Waals surface area contributed by atoms with Crippen LogP contribution in [0, 0.1) is 0 Å². The smallest absolute Gasteiger partial charge is 0.322 e. The molecule has 134 valence electrons. The van der Waals surface area contributed by atoms with Gasteiger partial charge < -0.3 is 19.7 Å². The number of hydrogen-bond donors (Lipinski definition) is 2. The quantitative estimate of drug-likeness (QED) is 0.749. The lowest BCUT2D eigenvalue weighted by atomic mass is 9.85. The summed E-state index contributed by atoms with van der Waals surface area (Å²) in [5, 5.41) is 16.1. The third kappa shape index (κ3) is 4.08. The number of nitrogens with zero attached hydrogens (tertiary/aromatic N) is 3. The Morgan fingerprint density at radius 2 is 2.12 bits per heavy atom. The molecule has 0 amide bonds. The number of ether oxygens (including phenoxy) is 1. The third-order valence-corrected chi connectivity index (χ3v) is 4.48. The van der Waals surface area contributed by atoms with E-state index in [0.717, 1.165) is 30.7 Å². The van der Waals surface area contributed by atoms with Crippen molar-refractivity contribution in [3.63, 3.8) is 0 Å². The molecule has 1 saturated carbocycles. The third-order valence-electron chi connectivity index (χ3n) is 4.48. The molecule has 1 aliphatic carbocycles. The van der Waals surface area contributed by atoms with E-state index < -0.39 is 5.97 Å². The molecule has 2 N–H and O–H groups in total. The van der Waals surface area contributed by atoms with E-state index >= 15 is 0 Å². The second-order valence-corrected chi connectivity index (χ2v) is 6.07. The van der Waals surface area contributed by atoms with Crippen LogP contribution >= 0.6 is 0 Å². The van der Waals surface area contributed by atoms with E-state index in [9.17, 15) is 4.79 Å². The van der Waals surface area contributed by atoms with E-state index in [-0.39, 0.29) is 18.6 Å². The number of likely N-dealkylation sites (N-methyl/N-ethyl adjacent to an activating group) is 1. The van der Waals surface area contributed by atoms with E-state index in [1.54, 1.807) is 7.11 Å². The molecule has 1 heterocycles. The Kier molecular flexibility index (Phi) is 5.18. The summed E-state index contributed by atoms with van der Waals surface area (Å²) in [7, 11) is 1.62. The van der Waals surface area contributed by atoms with Crippen molar-refractivity contribution >= 4 is 12.0 Å². The molecule has 0 radical (unpaired) electrons. The van der Waals surface area contributed by atoms with Crippen LogP contribution in [0.15, 0.2) is 28.8 Å². The van der Waals surface area contributed by atoms with Gasteiger partial charge in [-0.2, -0.15) is 4.98 Å². The normalized spacial score (nSPS) is 19.5. The SMILES string of the molecule is CCN(CC(=O)O)C1CC(Nc2nc(-c3ccc(OC)cc3)no2)C1. The average molecular weight is 346 g/mol. The molecular formula is C17H22N4O4. The fourth-order valence-corrected chi connectivity index (χ4v) is 2.99. The Bertz CT molecular complexity index is 710. The van der Waals surface area contributed by atoms with Crippen molar-refractivity contribution in [2.45, 2.75) is 31.8 Å². The van der Waals surface area contributed by atoms with Crippen LogP contribution in [0.5, 0.6) is 5.75 Å². The number of methoxy groups -OCH3 is 1. The van der Waals surface area contributed by atoms with Gasteiger partial charge in [-0.15, -0.1) is 0 Å². The van der Waals surface area contributed by atoms with Crippen LogP contribution in [0.2, 0.25) is 0 Å². The zero-order valence-corrected chi connectivity index (χ0v) is 14.3. The highest BCUT2D eigenvalue weighted by Crippen LogP contribution is 2.29. The molecule has 1 aromatic carbocycles. The van der Waals surface area contributed by atoms with Gasteiger partial charge in [0.2, 0.25) is 5.82 Å². The van der Waals surface area contributed by atoms with Gasteiger partial charge in [0.1, 0.15) is 5.75 Å². The highest BCUT2D eigenvalue weighted by Gasteiger charge is 2.34. The van der Waals surface area contributed by atoms with Crippen molar-refractivity contribution in [3.8, 4) is 17.1 Å². The summed E-state index contributed by atoms with van der Waals surface area (Å²) in [6.07, 6.45) is 1.72. The van der Waals surface area contributed by atoms with E-state index in [2.05, 4.69) is 15.5 Å². The van der Waals surface area contributed by atoms with Gasteiger partial charge in [0.15, 0.2) is 0 Å². The molecule has 0 saturated heterocycles. The standard InChI is InChI=1S/C17H22N4O4/c1-3-21(10-15(22)23)13-8-12(9-13)18-17-19-16(20-25-17)11-4-6-14(24-2)7-5-11/h4-7,12-13H,3,8-10H2,1-2H3,(H,22,23)(H,18,19,20). The lowest BCUT2D eigenvalue weighted by Crippen LogP contribution is -2.51. The fraction of sp³-hybridized carbons (Fsp3) is 0.471. The van der Waals surface area contributed by atoms with Crippen molar-refractivity contribution in [1.29, 1.82) is 0 Å². The number of hydrogen-bond acceptors (Lipinski definition) is 7. The maximum atomic E-state index is 10.9. The minimum Gasteiger partial charge on any atom is -0.497 e. The Labute approximate surface area is 145 Å². The molecule has 1 aliphatic rings. The first-order chi connectivity index (χ1) is 12.1. The number of carboxylic acids is 1. The van der Waals surface area contributed by atoms with E-state index in [4.69, 9.17) is 14.4 Å². The average Bonchev–Trinajstić information content (AvgIpc) is 3.04. The Morgan fingerprint density at radius 1 is 1.40 bits per heavy atom. The zero-order chi connectivity index (χ0) is 17.8. The maximum absolute atomic E-state index is 10.9. The number of rotatable bonds is 8. The monoisotopic (exact) mass is 346 g/mol. The summed E-state index contributed by atoms with van der Waals surface area (Å²) in [5.74, 6) is 0.495. The summed E-state index contributed by atoms with van der Waals surface area (Å²) in [5.41, 5.74) is 0.850. The Hall–Kier alpha value is -2.61. The van der Waals surface area contributed by atoms with Crippen LogP contribution < -0.4 is 10.1 Å². The first-order valence-corrected chi connectivity index (χ1v) is 8.29. The van der Waals surface area contributed by atoms with Gasteiger partial charge in [0.25, 0.3) is 0 Å². The molecule has 1 aromatic heterocycles. The maximum Gasteiger partial charge on any atom is 0.322 e. The molecule has 1 fully saturated rings. The van der Waals surface area contributed by atoms with Crippen LogP contribution in [-0.4, -0.2) is 58.4 Å². The highest BCUT2D eigenvalue weighted by atomic mass is 16.5. The molecule has 0 atom stereocenters. The van der Waals surface area contributed by atoms with Gasteiger partial charge in [0.05, 0.1) is 13.7 Å². The van der Waals surface area contributed by atoms with Crippen molar-refractivity contribution in [2.75, 3.05) is 25.5 Å². The van der Waals surface area contributed by atoms with Crippen LogP contribution in [-0.2, 0) is 4.79 Å². The zero-order valence-electron chi connectivity index (χ0n) is 14.3. The molecule has 8 heteroatoms. The Morgan fingerprint density at radius 3 is 2.72 bits per heavy atom. The van der Waals surface area contributed by atoms with E-state index in [1.807, 2.05) is 36.1 Å². The van der Waals surface area contributed by atoms with Crippen molar-refractivity contribution in [3.05, 3.63) is 24.3 Å². The minimum absolute atomic E-state index is 0.0794. The van der Waals surface area contributed by atoms with Crippen LogP contribution in [0.4, 0.5) is 6.01 Å². The van der Waals surface area contributed by atoms with Crippen molar-refractivity contribution in [1.82, 2.24) is 15.0 Å². The van der Waals surface area contributed by atoms with Gasteiger partial charge >= 0.3 is 12.0 Å². The van der Waals surface area contributed by atoms with Crippen molar-refractivity contribution < 1.29 is 19.2 Å². The summed E-state index contributed by atoms with van der Waals surface area (Å²) < 4.78 is 10.4. The molecule has 0 spiro atoms. The first-order valence-electron chi connectivity index (χ1n) is 8.29. The lowest BCUT2D eigenvalue weighted by molar-refractivity contribution is -0.139. The number of carbonyl (C=O) groups is 1. The molecular weight excluding hydrogens is 324 g/mol. The first kappa shape index (κ1) is 17.2. The minimum atomic E-state index is -0.792. The molecule has 2 aromatic rings. The number of nitrogens with one attached hydrogen (secondary N) is 1. The Balaban J connectivity index is 1.53. The summed E-state index contributed by atoms with van der Waals surface area (Å²) in [4.78, 5) is 17.2. The predicted octanol–water partition coefficient (Wildman–Crippen LogP) is 2.09. The highest BCUT2D eigenvalue weighted by molar-refractivity contribution is 5.69. The number of aromatic nitrogens is 2. The second kappa shape index (κ2) is 7.52. The summed E-state index contributed by atoms with van der Waals surface area (Å²) in [6.45, 7) is 2.78. The van der Waals surface area contributed by atoms with Gasteiger partial charge in [-0.1, -0.05) is 12.1 Å². The van der Waals surface area contributed by atoms with Crippen LogP contribution in [0.3, 0.4) is 0 Å². The largest absolute Gasteiger partial charge is 0.497 e. The van der Waals surface area contributed by atoms with Gasteiger partial charge in [0, 0.05) is 17.6 Å². The summed E-state index contributed by atoms with van der Waals surface area (Å²) in [6, 6.07) is 8.32. The number of benzene rings is 1. The number of aliphatic carboxylic acids is 1. The molecule has 0 aliphatic heterocycles. The molecule has 0 bridgehead atoms. The van der Waals surface area contributed by atoms with Crippen LogP contribution in [0.1, 0.15) is 19.8 Å². The fourth-order valence-electron chi connectivity index (χ4n) is 2.99. The summed E-state index contributed by atoms with van der Waals surface area (Å²) >= 11 is 0. The molecule has 3 rings (SSSR count). The number of carboxylic acid groups (broad SMARTS) is 1. The molecule has 8 nitrogen and oxygen atoms in total. The second-order valence-electron chi connectivity index (χ2n) is 6.07. The molecule has 25 heavy (non-hydrogen) atoms. The number of anilines is 1. The predicted molar refractivity (Wildman–Crippen MR) is 91.6 cm³/mol. The topological polar surface area (TPSA) is 101 Å². The van der Waals surface area contributed by atoms with Gasteiger partial charge in [-0.25, -0.2) is 0 Å². The van der Waals surface area contributed by atoms with Crippen LogP contribution in [0.25, 0.3) is 11.4 Å². The van der Waals surface area contributed by atoms with Crippen molar-refractivity contribution in [2.24, 2.45) is 0 Å². The van der Waals surface area contributed by atoms with Gasteiger partial charge in [-0.05, 0) is 43.7 Å². The van der Waals surface area contributed by atoms with E-state index in [1.165, 1.54) is 0 Å².